The summed E-state index contributed by atoms with van der Waals surface area (Å²) in [5.74, 6) is -2.65. The van der Waals surface area contributed by atoms with Gasteiger partial charge in [0.15, 0.2) is 0 Å². The average molecular weight is 388 g/mol. The number of aliphatic carboxylic acids is 1. The minimum Gasteiger partial charge on any atom is -0.507 e. The molecule has 0 radical (unpaired) electrons. The quantitative estimate of drug-likeness (QED) is 0.800. The zero-order valence-electron chi connectivity index (χ0n) is 14.0. The highest BCUT2D eigenvalue weighted by molar-refractivity contribution is 7.91. The van der Waals surface area contributed by atoms with Gasteiger partial charge < -0.3 is 10.2 Å². The van der Waals surface area contributed by atoms with Gasteiger partial charge in [0.1, 0.15) is 22.5 Å². The number of hydrogen-bond donors (Lipinski definition) is 2. The van der Waals surface area contributed by atoms with Gasteiger partial charge >= 0.3 is 5.97 Å². The first-order valence-corrected chi connectivity index (χ1v) is 9.24. The smallest absolute Gasteiger partial charge is 0.307 e. The molecule has 0 saturated heterocycles. The van der Waals surface area contributed by atoms with Crippen LogP contribution in [0.1, 0.15) is 18.9 Å². The summed E-state index contributed by atoms with van der Waals surface area (Å²) >= 11 is 0. The highest BCUT2D eigenvalue weighted by Crippen LogP contribution is 2.26. The van der Waals surface area contributed by atoms with Crippen LogP contribution < -0.4 is 10.6 Å². The number of hydrogen-bond acceptors (Lipinski definition) is 6. The van der Waals surface area contributed by atoms with Crippen molar-refractivity contribution >= 4 is 21.4 Å². The van der Waals surface area contributed by atoms with Crippen LogP contribution in [0.5, 0.6) is 5.75 Å². The number of aromatic hydroxyl groups is 1. The van der Waals surface area contributed by atoms with Gasteiger partial charge in [-0.05, 0) is 42.8 Å². The Balaban J connectivity index is 2.39. The molecule has 0 saturated carbocycles. The van der Waals surface area contributed by atoms with Crippen molar-refractivity contribution < 1.29 is 27.8 Å². The van der Waals surface area contributed by atoms with E-state index in [2.05, 4.69) is 4.99 Å². The van der Waals surface area contributed by atoms with Gasteiger partial charge in [-0.3, -0.25) is 9.79 Å². The normalized spacial score (nSPS) is 15.7. The molecule has 27 heavy (non-hydrogen) atoms. The molecule has 2 N–H and O–H groups in total. The molecule has 1 atom stereocenters. The predicted octanol–water partition coefficient (Wildman–Crippen LogP) is 0.883. The van der Waals surface area contributed by atoms with Gasteiger partial charge in [0.2, 0.25) is 9.84 Å². The molecule has 2 aromatic carbocycles. The standard InChI is InChI=1S/C18H13FN2O5S/c1-9-12(7-16(23)24)17-14(21-9)4-3-13(19)18(17)27(25,26)11-2-5-15(22)10(6-11)8-20/h2-6,9,22H,7H2,1H3,(H,23,24). The summed E-state index contributed by atoms with van der Waals surface area (Å²) in [4.78, 5) is 14.3. The first kappa shape index (κ1) is 18.5. The van der Waals surface area contributed by atoms with Crippen molar-refractivity contribution in [3.63, 3.8) is 0 Å². The van der Waals surface area contributed by atoms with Crippen molar-refractivity contribution in [2.45, 2.75) is 29.2 Å². The highest BCUT2D eigenvalue weighted by atomic mass is 32.2. The third-order valence-electron chi connectivity index (χ3n) is 4.25. The van der Waals surface area contributed by atoms with Gasteiger partial charge in [0.05, 0.1) is 28.3 Å². The van der Waals surface area contributed by atoms with Crippen molar-refractivity contribution in [1.82, 2.24) is 0 Å². The molecule has 0 bridgehead atoms. The largest absolute Gasteiger partial charge is 0.507 e. The predicted molar refractivity (Wildman–Crippen MR) is 90.6 cm³/mol. The number of halogens is 1. The third kappa shape index (κ3) is 3.04. The van der Waals surface area contributed by atoms with E-state index in [0.29, 0.717) is 0 Å². The third-order valence-corrected chi connectivity index (χ3v) is 6.07. The van der Waals surface area contributed by atoms with E-state index < -0.39 is 49.6 Å². The molecular weight excluding hydrogens is 375 g/mol. The molecule has 1 aliphatic heterocycles. The minimum absolute atomic E-state index is 0.0588. The van der Waals surface area contributed by atoms with Crippen LogP contribution in [0.2, 0.25) is 0 Å². The molecule has 0 aliphatic carbocycles. The fourth-order valence-electron chi connectivity index (χ4n) is 3.01. The molecule has 0 amide bonds. The topological polar surface area (TPSA) is 128 Å². The Labute approximate surface area is 153 Å². The second kappa shape index (κ2) is 6.48. The zero-order chi connectivity index (χ0) is 19.9. The monoisotopic (exact) mass is 388 g/mol. The lowest BCUT2D eigenvalue weighted by molar-refractivity contribution is -0.135. The van der Waals surface area contributed by atoms with Gasteiger partial charge in [-0.15, -0.1) is 0 Å². The number of nitriles is 1. The summed E-state index contributed by atoms with van der Waals surface area (Å²) in [7, 11) is -4.45. The Morgan fingerprint density at radius 2 is 2.04 bits per heavy atom. The van der Waals surface area contributed by atoms with E-state index >= 15 is 0 Å². The van der Waals surface area contributed by atoms with Gasteiger partial charge in [0.25, 0.3) is 0 Å². The number of carboxylic acid groups (broad SMARTS) is 1. The van der Waals surface area contributed by atoms with Crippen LogP contribution in [-0.4, -0.2) is 30.6 Å². The van der Waals surface area contributed by atoms with E-state index in [-0.39, 0.29) is 21.7 Å². The number of benzene rings is 2. The Kier molecular flexibility index (Phi) is 4.45. The number of phenolic OH excluding ortho intramolecular Hbond substituents is 1. The lowest BCUT2D eigenvalue weighted by atomic mass is 10.0. The Morgan fingerprint density at radius 3 is 2.67 bits per heavy atom. The van der Waals surface area contributed by atoms with Crippen molar-refractivity contribution in [3.8, 4) is 11.8 Å². The van der Waals surface area contributed by atoms with E-state index in [1.54, 1.807) is 13.0 Å². The zero-order valence-corrected chi connectivity index (χ0v) is 14.8. The van der Waals surface area contributed by atoms with E-state index in [9.17, 15) is 22.7 Å². The fraction of sp³-hybridized carbons (Fsp3) is 0.167. The molecule has 0 spiro atoms. The van der Waals surface area contributed by atoms with Gasteiger partial charge in [0, 0.05) is 5.22 Å². The number of fused-ring (bicyclic) bond motifs is 1. The summed E-state index contributed by atoms with van der Waals surface area (Å²) in [5.41, 5.74) is -0.0910. The molecule has 9 heteroatoms. The number of sulfone groups is 1. The summed E-state index contributed by atoms with van der Waals surface area (Å²) < 4.78 is 40.8. The fourth-order valence-corrected chi connectivity index (χ4v) is 4.60. The van der Waals surface area contributed by atoms with Crippen LogP contribution >= 0.6 is 0 Å². The number of rotatable bonds is 4. The van der Waals surface area contributed by atoms with Crippen LogP contribution in [0.15, 0.2) is 45.1 Å². The van der Waals surface area contributed by atoms with Crippen LogP contribution in [0, 0.1) is 17.1 Å². The summed E-state index contributed by atoms with van der Waals surface area (Å²) in [6.45, 7) is 1.60. The lowest BCUT2D eigenvalue weighted by Crippen LogP contribution is -2.32. The molecule has 3 rings (SSSR count). The first-order valence-electron chi connectivity index (χ1n) is 7.76. The Hall–Kier alpha value is -3.25. The average Bonchev–Trinajstić information content (AvgIpc) is 2.90. The highest BCUT2D eigenvalue weighted by Gasteiger charge is 2.29. The van der Waals surface area contributed by atoms with Crippen molar-refractivity contribution in [2.75, 3.05) is 0 Å². The van der Waals surface area contributed by atoms with Crippen LogP contribution in [0.3, 0.4) is 0 Å². The van der Waals surface area contributed by atoms with E-state index in [1.165, 1.54) is 6.07 Å². The maximum absolute atomic E-state index is 14.6. The van der Waals surface area contributed by atoms with Gasteiger partial charge in [-0.2, -0.15) is 5.26 Å². The second-order valence-corrected chi connectivity index (χ2v) is 7.85. The molecule has 1 aliphatic rings. The number of carbonyl (C=O) groups is 1. The lowest BCUT2D eigenvalue weighted by Gasteiger charge is -2.10. The SMILES string of the molecule is CC1N=c2ccc(F)c(S(=O)(=O)c3ccc(O)c(C#N)c3)c2=C1CC(=O)O. The molecule has 0 aromatic heterocycles. The van der Waals surface area contributed by atoms with E-state index in [4.69, 9.17) is 10.4 Å². The maximum Gasteiger partial charge on any atom is 0.307 e. The summed E-state index contributed by atoms with van der Waals surface area (Å²) in [6, 6.07) is 6.32. The van der Waals surface area contributed by atoms with Gasteiger partial charge in [-0.1, -0.05) is 0 Å². The molecule has 138 valence electrons. The Morgan fingerprint density at radius 1 is 1.33 bits per heavy atom. The maximum atomic E-state index is 14.6. The second-order valence-electron chi connectivity index (χ2n) is 5.97. The minimum atomic E-state index is -4.45. The number of phenols is 1. The molecule has 2 aromatic rings. The van der Waals surface area contributed by atoms with E-state index in [0.717, 1.165) is 24.3 Å². The van der Waals surface area contributed by atoms with E-state index in [1.807, 2.05) is 0 Å². The molecule has 1 unspecified atom stereocenters. The van der Waals surface area contributed by atoms with Crippen molar-refractivity contribution in [1.29, 1.82) is 5.26 Å². The summed E-state index contributed by atoms with van der Waals surface area (Å²) in [6.07, 6.45) is -0.483. The van der Waals surface area contributed by atoms with Gasteiger partial charge in [-0.25, -0.2) is 12.8 Å². The molecular formula is C18H13FN2O5S. The van der Waals surface area contributed by atoms with Crippen molar-refractivity contribution in [2.24, 2.45) is 4.99 Å². The number of nitrogens with zero attached hydrogens (tertiary/aromatic N) is 2. The summed E-state index contributed by atoms with van der Waals surface area (Å²) in [5, 5.41) is 27.8. The van der Waals surface area contributed by atoms with Crippen molar-refractivity contribution in [3.05, 3.63) is 52.3 Å². The number of carboxylic acids is 1. The molecule has 0 fully saturated rings. The molecule has 7 nitrogen and oxygen atoms in total. The van der Waals surface area contributed by atoms with Crippen LogP contribution in [-0.2, 0) is 14.6 Å². The first-order chi connectivity index (χ1) is 12.7. The Bertz CT molecular complexity index is 1250. The molecule has 1 heterocycles. The van der Waals surface area contributed by atoms with Crippen LogP contribution in [0.25, 0.3) is 5.57 Å². The van der Waals surface area contributed by atoms with Crippen LogP contribution in [0.4, 0.5) is 4.39 Å².